The van der Waals surface area contributed by atoms with E-state index in [4.69, 9.17) is 4.74 Å². The van der Waals surface area contributed by atoms with E-state index < -0.39 is 0 Å². The van der Waals surface area contributed by atoms with Gasteiger partial charge in [-0.3, -0.25) is 0 Å². The maximum absolute atomic E-state index is 9.56. The van der Waals surface area contributed by atoms with Gasteiger partial charge in [0.2, 0.25) is 5.88 Å². The maximum Gasteiger partial charge on any atom is 0.219 e. The molecule has 3 rings (SSSR count). The van der Waals surface area contributed by atoms with Crippen molar-refractivity contribution >= 4 is 5.84 Å². The molecule has 0 spiro atoms. The van der Waals surface area contributed by atoms with E-state index in [0.717, 1.165) is 42.8 Å². The Kier molecular flexibility index (Phi) is 5.53. The highest BCUT2D eigenvalue weighted by Gasteiger charge is 2.17. The highest BCUT2D eigenvalue weighted by molar-refractivity contribution is 5.98. The second kappa shape index (κ2) is 8.01. The number of oxime groups is 1. The van der Waals surface area contributed by atoms with E-state index in [1.807, 2.05) is 31.2 Å². The Hall–Kier alpha value is -2.56. The third-order valence-corrected chi connectivity index (χ3v) is 4.54. The number of amidine groups is 1. The molecule has 0 radical (unpaired) electrons. The highest BCUT2D eigenvalue weighted by Crippen LogP contribution is 2.25. The van der Waals surface area contributed by atoms with Crippen molar-refractivity contribution in [1.82, 2.24) is 9.88 Å². The molecule has 2 aromatic rings. The third kappa shape index (κ3) is 4.29. The number of hydrogen-bond acceptors (Lipinski definition) is 4. The maximum atomic E-state index is 9.56. The summed E-state index contributed by atoms with van der Waals surface area (Å²) in [6, 6.07) is 9.74. The van der Waals surface area contributed by atoms with Gasteiger partial charge in [-0.05, 0) is 44.4 Å². The largest absolute Gasteiger partial charge is 0.439 e. The van der Waals surface area contributed by atoms with E-state index in [2.05, 4.69) is 28.0 Å². The van der Waals surface area contributed by atoms with E-state index in [-0.39, 0.29) is 0 Å². The number of aryl methyl sites for hydroxylation is 2. The number of hydrogen-bond donors (Lipinski definition) is 1. The molecule has 5 nitrogen and oxygen atoms in total. The minimum atomic E-state index is 0.500. The summed E-state index contributed by atoms with van der Waals surface area (Å²) >= 11 is 0. The summed E-state index contributed by atoms with van der Waals surface area (Å²) in [6.45, 7) is 5.90. The van der Waals surface area contributed by atoms with Crippen LogP contribution in [-0.2, 0) is 0 Å². The van der Waals surface area contributed by atoms with Crippen molar-refractivity contribution in [2.45, 2.75) is 39.5 Å². The van der Waals surface area contributed by atoms with E-state index in [9.17, 15) is 5.21 Å². The zero-order chi connectivity index (χ0) is 17.6. The minimum Gasteiger partial charge on any atom is -0.439 e. The normalized spacial score (nSPS) is 15.8. The molecule has 1 N–H and O–H groups in total. The van der Waals surface area contributed by atoms with Gasteiger partial charge in [-0.25, -0.2) is 4.98 Å². The summed E-state index contributed by atoms with van der Waals surface area (Å²) in [5, 5.41) is 13.1. The van der Waals surface area contributed by atoms with Crippen LogP contribution in [0.15, 0.2) is 41.7 Å². The molecule has 2 heterocycles. The van der Waals surface area contributed by atoms with Crippen molar-refractivity contribution in [3.8, 4) is 11.6 Å². The van der Waals surface area contributed by atoms with E-state index >= 15 is 0 Å². The fraction of sp³-hybridized carbons (Fsp3) is 0.400. The standard InChI is InChI=1S/C20H25N3O2/c1-15-7-8-18(16(2)13-15)25-19-14-17(9-10-21-19)20(22-24)23-11-5-3-4-6-12-23/h7-10,13-14,24H,3-6,11-12H2,1-2H3/b22-20-. The monoisotopic (exact) mass is 339 g/mol. The van der Waals surface area contributed by atoms with Crippen LogP contribution in [0.4, 0.5) is 0 Å². The zero-order valence-electron chi connectivity index (χ0n) is 14.9. The van der Waals surface area contributed by atoms with Gasteiger partial charge in [0, 0.05) is 30.9 Å². The number of likely N-dealkylation sites (tertiary alicyclic amines) is 1. The Morgan fingerprint density at radius 1 is 1.08 bits per heavy atom. The van der Waals surface area contributed by atoms with Crippen molar-refractivity contribution in [3.05, 3.63) is 53.2 Å². The van der Waals surface area contributed by atoms with E-state index in [1.54, 1.807) is 6.20 Å². The van der Waals surface area contributed by atoms with Crippen LogP contribution in [0.2, 0.25) is 0 Å². The molecule has 1 aliphatic heterocycles. The second-order valence-electron chi connectivity index (χ2n) is 6.58. The molecule has 0 aliphatic carbocycles. The van der Waals surface area contributed by atoms with Crippen LogP contribution in [0.25, 0.3) is 0 Å². The molecule has 25 heavy (non-hydrogen) atoms. The Bertz CT molecular complexity index is 750. The number of nitrogens with zero attached hydrogens (tertiary/aromatic N) is 3. The highest BCUT2D eigenvalue weighted by atomic mass is 16.5. The van der Waals surface area contributed by atoms with Crippen molar-refractivity contribution < 1.29 is 9.94 Å². The third-order valence-electron chi connectivity index (χ3n) is 4.54. The summed E-state index contributed by atoms with van der Waals surface area (Å²) in [6.07, 6.45) is 6.39. The van der Waals surface area contributed by atoms with E-state index in [1.165, 1.54) is 18.4 Å². The predicted octanol–water partition coefficient (Wildman–Crippen LogP) is 4.50. The molecular weight excluding hydrogens is 314 g/mol. The molecule has 1 aromatic heterocycles. The Morgan fingerprint density at radius 3 is 2.52 bits per heavy atom. The van der Waals surface area contributed by atoms with Gasteiger partial charge < -0.3 is 14.8 Å². The van der Waals surface area contributed by atoms with Gasteiger partial charge in [-0.2, -0.15) is 0 Å². The molecule has 1 aromatic carbocycles. The molecule has 0 atom stereocenters. The van der Waals surface area contributed by atoms with Crippen LogP contribution in [0.5, 0.6) is 11.6 Å². The number of aromatic nitrogens is 1. The van der Waals surface area contributed by atoms with Crippen molar-refractivity contribution in [2.75, 3.05) is 13.1 Å². The average molecular weight is 339 g/mol. The summed E-state index contributed by atoms with van der Waals surface area (Å²) in [4.78, 5) is 6.44. The second-order valence-corrected chi connectivity index (χ2v) is 6.58. The Morgan fingerprint density at radius 2 is 1.84 bits per heavy atom. The van der Waals surface area contributed by atoms with Gasteiger partial charge in [0.15, 0.2) is 5.84 Å². The van der Waals surface area contributed by atoms with Crippen LogP contribution >= 0.6 is 0 Å². The lowest BCUT2D eigenvalue weighted by molar-refractivity contribution is 0.301. The first-order chi connectivity index (χ1) is 12.2. The summed E-state index contributed by atoms with van der Waals surface area (Å²) in [7, 11) is 0. The topological polar surface area (TPSA) is 58.0 Å². The fourth-order valence-corrected chi connectivity index (χ4v) is 3.22. The molecule has 0 saturated carbocycles. The predicted molar refractivity (Wildman–Crippen MR) is 98.6 cm³/mol. The average Bonchev–Trinajstić information content (AvgIpc) is 2.88. The van der Waals surface area contributed by atoms with Gasteiger partial charge in [0.1, 0.15) is 5.75 Å². The number of pyridine rings is 1. The van der Waals surface area contributed by atoms with Gasteiger partial charge in [-0.15, -0.1) is 0 Å². The summed E-state index contributed by atoms with van der Waals surface area (Å²) < 4.78 is 5.95. The van der Waals surface area contributed by atoms with Crippen LogP contribution in [0.3, 0.4) is 0 Å². The molecule has 5 heteroatoms. The molecule has 132 valence electrons. The zero-order valence-corrected chi connectivity index (χ0v) is 14.9. The first kappa shape index (κ1) is 17.3. The quantitative estimate of drug-likeness (QED) is 0.387. The molecule has 0 amide bonds. The summed E-state index contributed by atoms with van der Waals surface area (Å²) in [5.41, 5.74) is 3.08. The number of ether oxygens (including phenoxy) is 1. The van der Waals surface area contributed by atoms with E-state index in [0.29, 0.717) is 11.7 Å². The van der Waals surface area contributed by atoms with Crippen LogP contribution < -0.4 is 4.74 Å². The molecule has 1 fully saturated rings. The first-order valence-corrected chi connectivity index (χ1v) is 8.86. The summed E-state index contributed by atoms with van der Waals surface area (Å²) in [5.74, 6) is 1.88. The Balaban J connectivity index is 1.82. The van der Waals surface area contributed by atoms with Gasteiger partial charge in [0.25, 0.3) is 0 Å². The lowest BCUT2D eigenvalue weighted by Gasteiger charge is -2.23. The lowest BCUT2D eigenvalue weighted by atomic mass is 10.1. The van der Waals surface area contributed by atoms with Crippen LogP contribution in [0, 0.1) is 13.8 Å². The Labute approximate surface area is 149 Å². The number of benzene rings is 1. The molecule has 1 aliphatic rings. The lowest BCUT2D eigenvalue weighted by Crippen LogP contribution is -2.32. The van der Waals surface area contributed by atoms with Gasteiger partial charge in [0.05, 0.1) is 0 Å². The minimum absolute atomic E-state index is 0.500. The smallest absolute Gasteiger partial charge is 0.219 e. The van der Waals surface area contributed by atoms with Crippen LogP contribution in [0.1, 0.15) is 42.4 Å². The van der Waals surface area contributed by atoms with Crippen molar-refractivity contribution in [3.63, 3.8) is 0 Å². The van der Waals surface area contributed by atoms with Crippen molar-refractivity contribution in [1.29, 1.82) is 0 Å². The molecular formula is C20H25N3O2. The first-order valence-electron chi connectivity index (χ1n) is 8.86. The molecule has 0 unspecified atom stereocenters. The molecule has 0 bridgehead atoms. The van der Waals surface area contributed by atoms with Crippen molar-refractivity contribution in [2.24, 2.45) is 5.16 Å². The number of rotatable bonds is 3. The van der Waals surface area contributed by atoms with Crippen LogP contribution in [-0.4, -0.2) is 34.0 Å². The van der Waals surface area contributed by atoms with Gasteiger partial charge >= 0.3 is 0 Å². The molecule has 1 saturated heterocycles. The van der Waals surface area contributed by atoms with Gasteiger partial charge in [-0.1, -0.05) is 35.7 Å². The SMILES string of the molecule is Cc1ccc(Oc2cc(/C(=N/O)N3CCCCCC3)ccn2)c(C)c1. The fourth-order valence-electron chi connectivity index (χ4n) is 3.22.